The second kappa shape index (κ2) is 8.16. The Morgan fingerprint density at radius 2 is 2.00 bits per heavy atom. The van der Waals surface area contributed by atoms with Crippen LogP contribution >= 0.6 is 23.4 Å². The van der Waals surface area contributed by atoms with Crippen molar-refractivity contribution in [3.05, 3.63) is 23.5 Å². The molecule has 156 valence electrons. The molecule has 0 amide bonds. The van der Waals surface area contributed by atoms with E-state index in [1.165, 1.54) is 24.6 Å². The molecule has 9 heteroatoms. The number of nitrogens with two attached hydrogens (primary N) is 2. The highest BCUT2D eigenvalue weighted by atomic mass is 35.5. The quantitative estimate of drug-likeness (QED) is 0.756. The van der Waals surface area contributed by atoms with Crippen LogP contribution in [0.4, 0.5) is 17.5 Å². The first-order chi connectivity index (χ1) is 13.9. The van der Waals surface area contributed by atoms with Crippen molar-refractivity contribution in [2.75, 3.05) is 42.7 Å². The van der Waals surface area contributed by atoms with Gasteiger partial charge in [-0.05, 0) is 37.2 Å². The molecule has 4 N–H and O–H groups in total. The van der Waals surface area contributed by atoms with Crippen molar-refractivity contribution in [2.24, 2.45) is 11.1 Å². The summed E-state index contributed by atoms with van der Waals surface area (Å²) in [6, 6.07) is 2.21. The average molecular weight is 434 g/mol. The van der Waals surface area contributed by atoms with E-state index in [0.717, 1.165) is 43.1 Å². The Morgan fingerprint density at radius 1 is 1.24 bits per heavy atom. The molecule has 1 aliphatic heterocycles. The smallest absolute Gasteiger partial charge is 0.158 e. The van der Waals surface area contributed by atoms with Gasteiger partial charge in [-0.15, -0.1) is 0 Å². The standard InChI is InChI=1S/C20H28ClN7S/c1-27(2)18-16(21)13(5-9-24-18)29-19-17(23)26-15(12-25-19)28-10-7-20(8-11-28)6-3-4-14(20)22/h5,9,12,14H,3-4,6-8,10-11,22H2,1-2H3,(H2,23,26)/t14-/m1/s1. The van der Waals surface area contributed by atoms with Crippen LogP contribution in [0.5, 0.6) is 0 Å². The summed E-state index contributed by atoms with van der Waals surface area (Å²) in [5, 5.41) is 1.24. The van der Waals surface area contributed by atoms with Crippen LogP contribution in [0, 0.1) is 5.41 Å². The maximum Gasteiger partial charge on any atom is 0.158 e. The van der Waals surface area contributed by atoms with Gasteiger partial charge in [-0.25, -0.2) is 15.0 Å². The Bertz CT molecular complexity index is 883. The molecular weight excluding hydrogens is 406 g/mol. The maximum atomic E-state index is 6.50. The second-order valence-electron chi connectivity index (χ2n) is 8.21. The molecule has 1 aliphatic carbocycles. The van der Waals surface area contributed by atoms with E-state index < -0.39 is 0 Å². The van der Waals surface area contributed by atoms with Gasteiger partial charge in [-0.3, -0.25) is 0 Å². The lowest BCUT2D eigenvalue weighted by atomic mass is 9.74. The first-order valence-corrected chi connectivity index (χ1v) is 11.2. The van der Waals surface area contributed by atoms with E-state index in [-0.39, 0.29) is 0 Å². The molecular formula is C20H28ClN7S. The van der Waals surface area contributed by atoms with Gasteiger partial charge in [0.1, 0.15) is 16.7 Å². The van der Waals surface area contributed by atoms with Gasteiger partial charge in [0, 0.05) is 44.3 Å². The summed E-state index contributed by atoms with van der Waals surface area (Å²) in [7, 11) is 3.82. The summed E-state index contributed by atoms with van der Waals surface area (Å²) < 4.78 is 0. The molecule has 29 heavy (non-hydrogen) atoms. The molecule has 2 aromatic rings. The van der Waals surface area contributed by atoms with Gasteiger partial charge in [0.15, 0.2) is 5.82 Å². The predicted molar refractivity (Wildman–Crippen MR) is 120 cm³/mol. The molecule has 0 unspecified atom stereocenters. The van der Waals surface area contributed by atoms with E-state index in [4.69, 9.17) is 23.1 Å². The summed E-state index contributed by atoms with van der Waals surface area (Å²) in [4.78, 5) is 18.5. The Kier molecular flexibility index (Phi) is 5.77. The molecule has 1 spiro atoms. The number of aromatic nitrogens is 3. The van der Waals surface area contributed by atoms with Crippen molar-refractivity contribution in [1.82, 2.24) is 15.0 Å². The van der Waals surface area contributed by atoms with Crippen LogP contribution in [0.3, 0.4) is 0 Å². The number of rotatable bonds is 4. The Balaban J connectivity index is 1.47. The van der Waals surface area contributed by atoms with E-state index in [9.17, 15) is 0 Å². The number of piperidine rings is 1. The van der Waals surface area contributed by atoms with E-state index in [0.29, 0.717) is 33.1 Å². The lowest BCUT2D eigenvalue weighted by Crippen LogP contribution is -2.47. The number of hydrogen-bond acceptors (Lipinski definition) is 8. The van der Waals surface area contributed by atoms with E-state index in [2.05, 4.69) is 19.9 Å². The lowest BCUT2D eigenvalue weighted by molar-refractivity contribution is 0.197. The summed E-state index contributed by atoms with van der Waals surface area (Å²) in [6.07, 6.45) is 9.45. The van der Waals surface area contributed by atoms with Crippen molar-refractivity contribution in [3.8, 4) is 0 Å². The number of halogens is 1. The summed E-state index contributed by atoms with van der Waals surface area (Å²) in [5.41, 5.74) is 13.0. The lowest BCUT2D eigenvalue weighted by Gasteiger charge is -2.42. The fourth-order valence-corrected chi connectivity index (χ4v) is 5.66. The number of nitrogens with zero attached hydrogens (tertiary/aromatic N) is 5. The van der Waals surface area contributed by atoms with Crippen LogP contribution in [-0.4, -0.2) is 48.2 Å². The maximum absolute atomic E-state index is 6.50. The Hall–Kier alpha value is -1.77. The van der Waals surface area contributed by atoms with Gasteiger partial charge in [-0.1, -0.05) is 29.8 Å². The van der Waals surface area contributed by atoms with Gasteiger partial charge in [0.25, 0.3) is 0 Å². The zero-order chi connectivity index (χ0) is 20.6. The molecule has 1 atom stereocenters. The molecule has 2 aromatic heterocycles. The molecule has 4 rings (SSSR count). The van der Waals surface area contributed by atoms with Crippen LogP contribution in [0.25, 0.3) is 0 Å². The molecule has 2 fully saturated rings. The summed E-state index contributed by atoms with van der Waals surface area (Å²) in [5.74, 6) is 1.97. The Morgan fingerprint density at radius 3 is 2.62 bits per heavy atom. The minimum absolute atomic E-state index is 0.327. The van der Waals surface area contributed by atoms with Crippen molar-refractivity contribution in [3.63, 3.8) is 0 Å². The van der Waals surface area contributed by atoms with Gasteiger partial charge in [0.05, 0.1) is 11.2 Å². The molecule has 0 bridgehead atoms. The van der Waals surface area contributed by atoms with Crippen molar-refractivity contribution < 1.29 is 0 Å². The van der Waals surface area contributed by atoms with Gasteiger partial charge >= 0.3 is 0 Å². The minimum atomic E-state index is 0.327. The molecule has 2 aliphatic rings. The molecule has 3 heterocycles. The second-order valence-corrected chi connectivity index (χ2v) is 9.62. The molecule has 7 nitrogen and oxygen atoms in total. The topological polar surface area (TPSA) is 97.2 Å². The monoisotopic (exact) mass is 433 g/mol. The van der Waals surface area contributed by atoms with E-state index in [1.807, 2.05) is 31.3 Å². The molecule has 1 saturated heterocycles. The average Bonchev–Trinajstić information content (AvgIpc) is 3.05. The highest BCUT2D eigenvalue weighted by molar-refractivity contribution is 7.99. The zero-order valence-electron chi connectivity index (χ0n) is 16.9. The largest absolute Gasteiger partial charge is 0.381 e. The molecule has 0 aromatic carbocycles. The summed E-state index contributed by atoms with van der Waals surface area (Å²) >= 11 is 7.91. The predicted octanol–water partition coefficient (Wildman–Crippen LogP) is 3.42. The fourth-order valence-electron chi connectivity index (χ4n) is 4.49. The number of nitrogen functional groups attached to an aromatic ring is 1. The highest BCUT2D eigenvalue weighted by Crippen LogP contribution is 2.46. The van der Waals surface area contributed by atoms with Crippen molar-refractivity contribution in [2.45, 2.75) is 48.1 Å². The number of anilines is 3. The highest BCUT2D eigenvalue weighted by Gasteiger charge is 2.43. The normalized spacial score (nSPS) is 21.0. The van der Waals surface area contributed by atoms with Crippen molar-refractivity contribution in [1.29, 1.82) is 0 Å². The van der Waals surface area contributed by atoms with Crippen LogP contribution in [0.2, 0.25) is 5.02 Å². The van der Waals surface area contributed by atoms with Crippen LogP contribution < -0.4 is 21.3 Å². The van der Waals surface area contributed by atoms with Crippen LogP contribution in [0.1, 0.15) is 32.1 Å². The first kappa shape index (κ1) is 20.5. The van der Waals surface area contributed by atoms with Gasteiger partial charge in [0.2, 0.25) is 0 Å². The van der Waals surface area contributed by atoms with E-state index >= 15 is 0 Å². The summed E-state index contributed by atoms with van der Waals surface area (Å²) in [6.45, 7) is 1.91. The Labute approximate surface area is 181 Å². The van der Waals surface area contributed by atoms with Crippen LogP contribution in [-0.2, 0) is 0 Å². The third-order valence-corrected chi connectivity index (χ3v) is 7.83. The molecule has 0 radical (unpaired) electrons. The van der Waals surface area contributed by atoms with Crippen LogP contribution in [0.15, 0.2) is 28.4 Å². The van der Waals surface area contributed by atoms with Crippen molar-refractivity contribution >= 4 is 40.8 Å². The zero-order valence-corrected chi connectivity index (χ0v) is 18.5. The third kappa shape index (κ3) is 3.98. The van der Waals surface area contributed by atoms with Gasteiger partial charge < -0.3 is 21.3 Å². The van der Waals surface area contributed by atoms with Gasteiger partial charge in [-0.2, -0.15) is 0 Å². The third-order valence-electron chi connectivity index (χ3n) is 6.28. The SMILES string of the molecule is CN(C)c1nccc(Sc2ncc(N3CCC4(CCC[C@H]4N)CC3)nc2N)c1Cl. The first-order valence-electron chi connectivity index (χ1n) is 10.0. The minimum Gasteiger partial charge on any atom is -0.381 e. The number of hydrogen-bond donors (Lipinski definition) is 2. The number of pyridine rings is 1. The van der Waals surface area contributed by atoms with E-state index in [1.54, 1.807) is 6.20 Å². The fraction of sp³-hybridized carbons (Fsp3) is 0.550. The molecule has 1 saturated carbocycles.